The van der Waals surface area contributed by atoms with E-state index in [9.17, 15) is 0 Å². The quantitative estimate of drug-likeness (QED) is 0.469. The van der Waals surface area contributed by atoms with E-state index in [0.717, 1.165) is 47.0 Å². The fraction of sp³-hybridized carbons (Fsp3) is 0.269. The first kappa shape index (κ1) is 20.9. The summed E-state index contributed by atoms with van der Waals surface area (Å²) in [5.74, 6) is 2.17. The first-order valence-electron chi connectivity index (χ1n) is 11.1. The normalized spacial score (nSPS) is 15.7. The number of anilines is 2. The van der Waals surface area contributed by atoms with Crippen LogP contribution in [0.15, 0.2) is 54.7 Å². The summed E-state index contributed by atoms with van der Waals surface area (Å²) in [5.41, 5.74) is 6.26. The molecule has 5 rings (SSSR count). The minimum Gasteiger partial charge on any atom is -0.496 e. The molecule has 5 nitrogen and oxygen atoms in total. The highest BCUT2D eigenvalue weighted by molar-refractivity contribution is 6.33. The molecule has 3 N–H and O–H groups in total. The number of rotatable bonds is 5. The van der Waals surface area contributed by atoms with Crippen LogP contribution in [0, 0.1) is 0 Å². The molecule has 0 radical (unpaired) electrons. The fourth-order valence-electron chi connectivity index (χ4n) is 4.52. The molecule has 3 aromatic rings. The van der Waals surface area contributed by atoms with E-state index in [1.54, 1.807) is 7.11 Å². The van der Waals surface area contributed by atoms with Crippen molar-refractivity contribution in [3.8, 4) is 17.0 Å². The van der Waals surface area contributed by atoms with Crippen LogP contribution in [0.25, 0.3) is 17.3 Å². The third-order valence-electron chi connectivity index (χ3n) is 6.25. The van der Waals surface area contributed by atoms with Crippen LogP contribution < -0.4 is 20.7 Å². The predicted octanol–water partition coefficient (Wildman–Crippen LogP) is 5.70. The zero-order valence-electron chi connectivity index (χ0n) is 18.1. The maximum Gasteiger partial charge on any atom is 0.136 e. The summed E-state index contributed by atoms with van der Waals surface area (Å²) >= 11 is 6.55. The van der Waals surface area contributed by atoms with Crippen molar-refractivity contribution in [1.29, 1.82) is 0 Å². The molecule has 0 atom stereocenters. The summed E-state index contributed by atoms with van der Waals surface area (Å²) in [6.45, 7) is 2.91. The van der Waals surface area contributed by atoms with E-state index in [-0.39, 0.29) is 0 Å². The van der Waals surface area contributed by atoms with Crippen molar-refractivity contribution in [2.45, 2.75) is 25.3 Å². The average molecular weight is 447 g/mol. The third-order valence-corrected chi connectivity index (χ3v) is 6.57. The Balaban J connectivity index is 1.50. The lowest BCUT2D eigenvalue weighted by atomic mass is 9.90. The molecule has 32 heavy (non-hydrogen) atoms. The Kier molecular flexibility index (Phi) is 6.02. The lowest BCUT2D eigenvalue weighted by Gasteiger charge is -2.23. The van der Waals surface area contributed by atoms with Crippen LogP contribution >= 0.6 is 11.6 Å². The second kappa shape index (κ2) is 9.23. The molecule has 1 fully saturated rings. The van der Waals surface area contributed by atoms with E-state index < -0.39 is 0 Å². The van der Waals surface area contributed by atoms with Crippen molar-refractivity contribution in [1.82, 2.24) is 15.6 Å². The van der Waals surface area contributed by atoms with E-state index >= 15 is 0 Å². The maximum absolute atomic E-state index is 6.55. The molecule has 1 saturated heterocycles. The number of halogens is 1. The fourth-order valence-corrected chi connectivity index (χ4v) is 4.78. The largest absolute Gasteiger partial charge is 0.496 e. The van der Waals surface area contributed by atoms with Crippen LogP contribution in [-0.4, -0.2) is 25.2 Å². The van der Waals surface area contributed by atoms with E-state index in [1.807, 2.05) is 24.4 Å². The number of hydrogen-bond acceptors (Lipinski definition) is 5. The van der Waals surface area contributed by atoms with E-state index in [4.69, 9.17) is 21.3 Å². The van der Waals surface area contributed by atoms with Crippen LogP contribution in [0.4, 0.5) is 11.5 Å². The molecule has 6 heteroatoms. The zero-order valence-corrected chi connectivity index (χ0v) is 18.9. The maximum atomic E-state index is 6.55. The number of pyridine rings is 1. The molecule has 0 aliphatic carbocycles. The second-order valence-corrected chi connectivity index (χ2v) is 8.63. The highest BCUT2D eigenvalue weighted by Gasteiger charge is 2.19. The topological polar surface area (TPSA) is 58.2 Å². The van der Waals surface area contributed by atoms with Gasteiger partial charge in [-0.15, -0.1) is 0 Å². The molecule has 0 spiro atoms. The molecule has 0 amide bonds. The summed E-state index contributed by atoms with van der Waals surface area (Å²) in [6.07, 6.45) is 6.43. The summed E-state index contributed by atoms with van der Waals surface area (Å²) in [5, 5.41) is 10.9. The molecule has 1 aromatic heterocycles. The van der Waals surface area contributed by atoms with Crippen LogP contribution in [-0.2, 0) is 6.54 Å². The number of methoxy groups -OCH3 is 1. The van der Waals surface area contributed by atoms with Gasteiger partial charge in [-0.3, -0.25) is 0 Å². The van der Waals surface area contributed by atoms with Gasteiger partial charge in [0.2, 0.25) is 0 Å². The van der Waals surface area contributed by atoms with Gasteiger partial charge < -0.3 is 20.7 Å². The van der Waals surface area contributed by atoms with Gasteiger partial charge in [0.25, 0.3) is 0 Å². The van der Waals surface area contributed by atoms with Gasteiger partial charge in [0.15, 0.2) is 0 Å². The minimum atomic E-state index is 0.618. The number of ether oxygens (including phenoxy) is 1. The van der Waals surface area contributed by atoms with Crippen LogP contribution in [0.1, 0.15) is 35.4 Å². The molecule has 2 aliphatic rings. The van der Waals surface area contributed by atoms with Crippen molar-refractivity contribution in [3.63, 3.8) is 0 Å². The molecular weight excluding hydrogens is 420 g/mol. The van der Waals surface area contributed by atoms with E-state index in [2.05, 4.69) is 52.4 Å². The second-order valence-electron chi connectivity index (χ2n) is 8.23. The standard InChI is InChI=1S/C26H27ClN4O/c1-32-24-4-2-3-22(27)25(24)23-15-19-11-14-29-16-21(19)26(31-23)30-20-7-5-17(6-8-20)18-9-12-28-13-10-18/h2-8,11,14-15,18,28-29H,9-10,12-13,16H2,1H3,(H,30,31). The zero-order chi connectivity index (χ0) is 21.9. The third kappa shape index (κ3) is 4.18. The smallest absolute Gasteiger partial charge is 0.136 e. The summed E-state index contributed by atoms with van der Waals surface area (Å²) in [6, 6.07) is 16.5. The first-order chi connectivity index (χ1) is 15.7. The van der Waals surface area contributed by atoms with Gasteiger partial charge in [-0.2, -0.15) is 0 Å². The van der Waals surface area contributed by atoms with E-state index in [1.165, 1.54) is 18.4 Å². The Bertz CT molecular complexity index is 1140. The van der Waals surface area contributed by atoms with Crippen molar-refractivity contribution in [3.05, 3.63) is 76.4 Å². The number of benzene rings is 2. The van der Waals surface area contributed by atoms with Gasteiger partial charge in [-0.05, 0) is 85.6 Å². The highest BCUT2D eigenvalue weighted by Crippen LogP contribution is 2.38. The van der Waals surface area contributed by atoms with Gasteiger partial charge in [0.1, 0.15) is 11.6 Å². The summed E-state index contributed by atoms with van der Waals surface area (Å²) in [4.78, 5) is 4.98. The van der Waals surface area contributed by atoms with Crippen molar-refractivity contribution in [2.24, 2.45) is 0 Å². The number of nitrogens with one attached hydrogen (secondary N) is 3. The predicted molar refractivity (Wildman–Crippen MR) is 132 cm³/mol. The molecule has 0 unspecified atom stereocenters. The minimum absolute atomic E-state index is 0.618. The van der Waals surface area contributed by atoms with Crippen molar-refractivity contribution in [2.75, 3.05) is 25.5 Å². The number of piperidine rings is 1. The Morgan fingerprint density at radius 2 is 1.91 bits per heavy atom. The molecule has 0 saturated carbocycles. The van der Waals surface area contributed by atoms with Gasteiger partial charge in [-0.25, -0.2) is 4.98 Å². The molecular formula is C26H27ClN4O. The van der Waals surface area contributed by atoms with Crippen molar-refractivity contribution >= 4 is 29.2 Å². The average Bonchev–Trinajstić information content (AvgIpc) is 2.85. The number of fused-ring (bicyclic) bond motifs is 1. The molecule has 2 aliphatic heterocycles. The lowest BCUT2D eigenvalue weighted by Crippen LogP contribution is -2.26. The number of hydrogen-bond donors (Lipinski definition) is 3. The number of nitrogens with zero attached hydrogens (tertiary/aromatic N) is 1. The molecule has 3 heterocycles. The van der Waals surface area contributed by atoms with Crippen LogP contribution in [0.2, 0.25) is 5.02 Å². The van der Waals surface area contributed by atoms with Crippen LogP contribution in [0.3, 0.4) is 0 Å². The first-order valence-corrected chi connectivity index (χ1v) is 11.4. The van der Waals surface area contributed by atoms with Crippen LogP contribution in [0.5, 0.6) is 5.75 Å². The monoisotopic (exact) mass is 446 g/mol. The van der Waals surface area contributed by atoms with Gasteiger partial charge in [0.05, 0.1) is 23.4 Å². The van der Waals surface area contributed by atoms with Gasteiger partial charge in [-0.1, -0.05) is 29.8 Å². The Labute approximate surface area is 193 Å². The Morgan fingerprint density at radius 1 is 1.09 bits per heavy atom. The Hall–Kier alpha value is -3.02. The molecule has 0 bridgehead atoms. The SMILES string of the molecule is COc1cccc(Cl)c1-c1cc2c(c(Nc3ccc(C4CCNCC4)cc3)n1)CNC=C2. The Morgan fingerprint density at radius 3 is 2.69 bits per heavy atom. The summed E-state index contributed by atoms with van der Waals surface area (Å²) < 4.78 is 5.57. The lowest BCUT2D eigenvalue weighted by molar-refractivity contribution is 0.416. The van der Waals surface area contributed by atoms with Gasteiger partial charge >= 0.3 is 0 Å². The highest BCUT2D eigenvalue weighted by atomic mass is 35.5. The summed E-state index contributed by atoms with van der Waals surface area (Å²) in [7, 11) is 1.65. The molecule has 2 aromatic carbocycles. The van der Waals surface area contributed by atoms with E-state index in [0.29, 0.717) is 23.2 Å². The number of aromatic nitrogens is 1. The molecule has 164 valence electrons. The van der Waals surface area contributed by atoms with Crippen molar-refractivity contribution < 1.29 is 4.74 Å². The van der Waals surface area contributed by atoms with Gasteiger partial charge in [0, 0.05) is 17.8 Å².